The third-order valence-corrected chi connectivity index (χ3v) is 2.19. The second-order valence-electron chi connectivity index (χ2n) is 6.87. The van der Waals surface area contributed by atoms with Crippen LogP contribution < -0.4 is 10.1 Å². The highest BCUT2D eigenvalue weighted by atomic mass is 16.6. The lowest BCUT2D eigenvalue weighted by molar-refractivity contribution is -0.158. The summed E-state index contributed by atoms with van der Waals surface area (Å²) in [5, 5.41) is 5.92. The molecule has 0 aliphatic carbocycles. The van der Waals surface area contributed by atoms with Crippen molar-refractivity contribution in [3.63, 3.8) is 0 Å². The number of alkyl carbamates (subject to hydrolysis) is 1. The van der Waals surface area contributed by atoms with Crippen LogP contribution in [-0.4, -0.2) is 41.1 Å². The van der Waals surface area contributed by atoms with Gasteiger partial charge in [-0.25, -0.2) is 9.59 Å². The standard InChI is InChI=1S/C15H24N2O6/c1-14(2,3)21-12(18)10(9-20-11-7-8-16-23-11)17-13(19)22-15(4,5)6/h7-8,10H,9H2,1-6H3,(H,17,19)/t10-/m0/s1. The number of esters is 1. The van der Waals surface area contributed by atoms with Crippen LogP contribution in [0.5, 0.6) is 5.95 Å². The van der Waals surface area contributed by atoms with Gasteiger partial charge in [0.25, 0.3) is 0 Å². The largest absolute Gasteiger partial charge is 0.461 e. The van der Waals surface area contributed by atoms with E-state index in [1.165, 1.54) is 12.3 Å². The lowest BCUT2D eigenvalue weighted by Crippen LogP contribution is -2.49. The van der Waals surface area contributed by atoms with Crippen molar-refractivity contribution in [1.82, 2.24) is 10.5 Å². The van der Waals surface area contributed by atoms with Crippen molar-refractivity contribution in [2.45, 2.75) is 58.8 Å². The third-order valence-electron chi connectivity index (χ3n) is 2.19. The predicted octanol–water partition coefficient (Wildman–Crippen LogP) is 2.29. The second-order valence-corrected chi connectivity index (χ2v) is 6.87. The Morgan fingerprint density at radius 1 is 1.17 bits per heavy atom. The van der Waals surface area contributed by atoms with Gasteiger partial charge in [-0.15, -0.1) is 0 Å². The lowest BCUT2D eigenvalue weighted by atomic mass is 10.2. The summed E-state index contributed by atoms with van der Waals surface area (Å²) in [4.78, 5) is 24.1. The Kier molecular flexibility index (Phi) is 6.00. The first-order valence-corrected chi connectivity index (χ1v) is 7.22. The maximum Gasteiger partial charge on any atom is 0.408 e. The van der Waals surface area contributed by atoms with E-state index in [0.29, 0.717) is 0 Å². The highest BCUT2D eigenvalue weighted by Gasteiger charge is 2.29. The zero-order chi connectivity index (χ0) is 17.7. The van der Waals surface area contributed by atoms with Crippen LogP contribution in [-0.2, 0) is 14.3 Å². The van der Waals surface area contributed by atoms with Crippen LogP contribution >= 0.6 is 0 Å². The van der Waals surface area contributed by atoms with Crippen LogP contribution in [0.2, 0.25) is 0 Å². The number of carbonyl (C=O) groups is 2. The fourth-order valence-electron chi connectivity index (χ4n) is 1.44. The van der Waals surface area contributed by atoms with Crippen LogP contribution in [0.3, 0.4) is 0 Å². The number of carbonyl (C=O) groups excluding carboxylic acids is 2. The first-order chi connectivity index (χ1) is 10.5. The fraction of sp³-hybridized carbons (Fsp3) is 0.667. The van der Waals surface area contributed by atoms with Gasteiger partial charge < -0.3 is 24.1 Å². The van der Waals surface area contributed by atoms with Gasteiger partial charge in [0.1, 0.15) is 17.8 Å². The molecule has 0 fully saturated rings. The number of nitrogens with zero attached hydrogens (tertiary/aromatic N) is 1. The topological polar surface area (TPSA) is 99.9 Å². The molecule has 1 amide bonds. The number of hydrogen-bond donors (Lipinski definition) is 1. The molecular weight excluding hydrogens is 304 g/mol. The Morgan fingerprint density at radius 3 is 2.26 bits per heavy atom. The molecule has 0 aliphatic rings. The Morgan fingerprint density at radius 2 is 1.78 bits per heavy atom. The molecule has 0 unspecified atom stereocenters. The summed E-state index contributed by atoms with van der Waals surface area (Å²) in [5.74, 6) is -0.507. The summed E-state index contributed by atoms with van der Waals surface area (Å²) in [6, 6.07) is 0.439. The van der Waals surface area contributed by atoms with Crippen LogP contribution in [0.25, 0.3) is 0 Å². The molecule has 0 radical (unpaired) electrons. The van der Waals surface area contributed by atoms with Crippen LogP contribution in [0, 0.1) is 0 Å². The van der Waals surface area contributed by atoms with Crippen molar-refractivity contribution in [1.29, 1.82) is 0 Å². The maximum atomic E-state index is 12.2. The van der Waals surface area contributed by atoms with E-state index in [-0.39, 0.29) is 12.6 Å². The first kappa shape index (κ1) is 18.8. The molecule has 8 heteroatoms. The first-order valence-electron chi connectivity index (χ1n) is 7.22. The second kappa shape index (κ2) is 7.34. The minimum absolute atomic E-state index is 0.129. The number of hydrogen-bond acceptors (Lipinski definition) is 7. The zero-order valence-corrected chi connectivity index (χ0v) is 14.3. The minimum atomic E-state index is -1.05. The minimum Gasteiger partial charge on any atom is -0.461 e. The molecule has 0 spiro atoms. The van der Waals surface area contributed by atoms with Crippen molar-refractivity contribution in [2.24, 2.45) is 0 Å². The molecule has 1 N–H and O–H groups in total. The molecule has 8 nitrogen and oxygen atoms in total. The Balaban J connectivity index is 2.70. The normalized spacial score (nSPS) is 13.1. The van der Waals surface area contributed by atoms with Gasteiger partial charge in [-0.05, 0) is 41.5 Å². The van der Waals surface area contributed by atoms with Gasteiger partial charge in [0, 0.05) is 6.07 Å². The van der Waals surface area contributed by atoms with Crippen molar-refractivity contribution in [3.05, 3.63) is 12.3 Å². The molecule has 130 valence electrons. The summed E-state index contributed by atoms with van der Waals surface area (Å²) in [6.07, 6.45) is 0.661. The summed E-state index contributed by atoms with van der Waals surface area (Å²) >= 11 is 0. The number of nitrogens with one attached hydrogen (secondary N) is 1. The molecule has 1 heterocycles. The third kappa shape index (κ3) is 8.08. The molecule has 0 aliphatic heterocycles. The molecule has 1 aromatic rings. The molecule has 0 saturated carbocycles. The SMILES string of the molecule is CC(C)(C)OC(=O)N[C@@H](COc1ccno1)C(=O)OC(C)(C)C. The van der Waals surface area contributed by atoms with Gasteiger partial charge in [-0.3, -0.25) is 0 Å². The highest BCUT2D eigenvalue weighted by Crippen LogP contribution is 2.12. The van der Waals surface area contributed by atoms with E-state index in [2.05, 4.69) is 10.5 Å². The van der Waals surface area contributed by atoms with Crippen molar-refractivity contribution in [2.75, 3.05) is 6.61 Å². The summed E-state index contributed by atoms with van der Waals surface area (Å²) in [6.45, 7) is 10.2. The zero-order valence-electron chi connectivity index (χ0n) is 14.3. The summed E-state index contributed by atoms with van der Waals surface area (Å²) < 4.78 is 20.5. The number of amides is 1. The molecule has 1 aromatic heterocycles. The Labute approximate surface area is 135 Å². The quantitative estimate of drug-likeness (QED) is 0.828. The van der Waals surface area contributed by atoms with E-state index < -0.39 is 29.3 Å². The molecule has 0 saturated heterocycles. The fourth-order valence-corrected chi connectivity index (χ4v) is 1.44. The van der Waals surface area contributed by atoms with E-state index in [1.807, 2.05) is 0 Å². The van der Waals surface area contributed by atoms with E-state index >= 15 is 0 Å². The Bertz CT molecular complexity index is 513. The number of ether oxygens (including phenoxy) is 3. The molecule has 1 rings (SSSR count). The van der Waals surface area contributed by atoms with Gasteiger partial charge in [0.2, 0.25) is 0 Å². The highest BCUT2D eigenvalue weighted by molar-refractivity contribution is 5.81. The van der Waals surface area contributed by atoms with Gasteiger partial charge in [-0.2, -0.15) is 0 Å². The lowest BCUT2D eigenvalue weighted by Gasteiger charge is -2.26. The average Bonchev–Trinajstić information content (AvgIpc) is 2.82. The van der Waals surface area contributed by atoms with Crippen molar-refractivity contribution >= 4 is 12.1 Å². The van der Waals surface area contributed by atoms with Gasteiger partial charge in [0.05, 0.1) is 6.20 Å². The van der Waals surface area contributed by atoms with Gasteiger partial charge in [0.15, 0.2) is 6.04 Å². The predicted molar refractivity (Wildman–Crippen MR) is 81.0 cm³/mol. The average molecular weight is 328 g/mol. The van der Waals surface area contributed by atoms with E-state index in [9.17, 15) is 9.59 Å². The molecule has 23 heavy (non-hydrogen) atoms. The molecular formula is C15H24N2O6. The monoisotopic (exact) mass is 328 g/mol. The Hall–Kier alpha value is -2.25. The van der Waals surface area contributed by atoms with E-state index in [0.717, 1.165) is 0 Å². The van der Waals surface area contributed by atoms with Crippen LogP contribution in [0.15, 0.2) is 16.8 Å². The van der Waals surface area contributed by atoms with Crippen molar-refractivity contribution in [3.8, 4) is 5.95 Å². The maximum absolute atomic E-state index is 12.2. The van der Waals surface area contributed by atoms with Gasteiger partial charge >= 0.3 is 18.0 Å². The van der Waals surface area contributed by atoms with E-state index in [1.54, 1.807) is 41.5 Å². The number of aromatic nitrogens is 1. The van der Waals surface area contributed by atoms with Gasteiger partial charge in [-0.1, -0.05) is 5.16 Å². The van der Waals surface area contributed by atoms with Crippen LogP contribution in [0.4, 0.5) is 4.79 Å². The summed E-state index contributed by atoms with van der Waals surface area (Å²) in [7, 11) is 0. The van der Waals surface area contributed by atoms with Crippen LogP contribution in [0.1, 0.15) is 41.5 Å². The molecule has 0 bridgehead atoms. The molecule has 0 aromatic carbocycles. The number of rotatable bonds is 5. The summed E-state index contributed by atoms with van der Waals surface area (Å²) in [5.41, 5.74) is -1.38. The molecule has 1 atom stereocenters. The smallest absolute Gasteiger partial charge is 0.408 e. The van der Waals surface area contributed by atoms with Crippen molar-refractivity contribution < 1.29 is 28.3 Å². The van der Waals surface area contributed by atoms with E-state index in [4.69, 9.17) is 18.7 Å².